The number of nitrogens with one attached hydrogen (secondary N) is 1. The molecule has 1 saturated heterocycles. The molecule has 0 aromatic carbocycles. The average molecular weight is 311 g/mol. The first-order valence-corrected chi connectivity index (χ1v) is 6.05. The van der Waals surface area contributed by atoms with Gasteiger partial charge < -0.3 is 0 Å². The Kier molecular flexibility index (Phi) is 2.49. The van der Waals surface area contributed by atoms with Crippen LogP contribution in [0.5, 0.6) is 0 Å². The van der Waals surface area contributed by atoms with E-state index in [2.05, 4.69) is 37.2 Å². The van der Waals surface area contributed by atoms with Gasteiger partial charge in [0.1, 0.15) is 0 Å². The van der Waals surface area contributed by atoms with Crippen LogP contribution in [0.3, 0.4) is 0 Å². The summed E-state index contributed by atoms with van der Waals surface area (Å²) in [5.41, 5.74) is 0. The smallest absolute Gasteiger partial charge is 0.230 e. The lowest BCUT2D eigenvalue weighted by molar-refractivity contribution is -0.126. The molecule has 1 aliphatic heterocycles. The maximum Gasteiger partial charge on any atom is 0.230 e. The van der Waals surface area contributed by atoms with Gasteiger partial charge in [-0.2, -0.15) is 0 Å². The van der Waals surface area contributed by atoms with Crippen molar-refractivity contribution in [3.8, 4) is 0 Å². The van der Waals surface area contributed by atoms with E-state index in [0.717, 1.165) is 12.8 Å². The summed E-state index contributed by atoms with van der Waals surface area (Å²) in [5.74, 6) is -0.408. The third kappa shape index (κ3) is 1.56. The Morgan fingerprint density at radius 2 is 1.38 bits per heavy atom. The molecular weight excluding hydrogens is 302 g/mol. The van der Waals surface area contributed by atoms with Crippen LogP contribution in [0.15, 0.2) is 0 Å². The topological polar surface area (TPSA) is 46.2 Å². The summed E-state index contributed by atoms with van der Waals surface area (Å²) in [5, 5.41) is 2.38. The van der Waals surface area contributed by atoms with Crippen LogP contribution < -0.4 is 5.32 Å². The third-order valence-electron chi connectivity index (χ3n) is 2.76. The number of fused-ring (bicyclic) bond motifs is 1. The van der Waals surface area contributed by atoms with Crippen molar-refractivity contribution in [3.63, 3.8) is 0 Å². The van der Waals surface area contributed by atoms with Crippen molar-refractivity contribution in [1.82, 2.24) is 5.32 Å². The second-order valence-electron chi connectivity index (χ2n) is 3.57. The monoisotopic (exact) mass is 309 g/mol. The number of alkyl halides is 2. The third-order valence-corrected chi connectivity index (χ3v) is 5.49. The molecule has 2 aliphatic rings. The predicted octanol–water partition coefficient (Wildman–Crippen LogP) is 1.20. The van der Waals surface area contributed by atoms with Crippen molar-refractivity contribution in [3.05, 3.63) is 0 Å². The Bertz CT molecular complexity index is 243. The molecule has 0 unspecified atom stereocenters. The van der Waals surface area contributed by atoms with Crippen molar-refractivity contribution in [2.45, 2.75) is 22.5 Å². The molecule has 0 aromatic rings. The lowest BCUT2D eigenvalue weighted by atomic mass is 9.81. The van der Waals surface area contributed by atoms with Crippen LogP contribution in [0.1, 0.15) is 12.8 Å². The number of imide groups is 1. The van der Waals surface area contributed by atoms with E-state index < -0.39 is 0 Å². The first-order valence-electron chi connectivity index (χ1n) is 4.22. The molecular formula is C8H9Br2NO2. The standard InChI is InChI=1S/C8H9Br2NO2/c9-5-1-3-4(2-6(5)10)8(13)11-7(3)12/h3-6H,1-2H2,(H,11,12,13)/t3-,4-,5-,6+/m0/s1. The van der Waals surface area contributed by atoms with E-state index in [1.807, 2.05) is 0 Å². The molecule has 4 atom stereocenters. The summed E-state index contributed by atoms with van der Waals surface area (Å²) in [6.45, 7) is 0. The van der Waals surface area contributed by atoms with E-state index in [9.17, 15) is 9.59 Å². The van der Waals surface area contributed by atoms with Crippen molar-refractivity contribution in [1.29, 1.82) is 0 Å². The van der Waals surface area contributed by atoms with Crippen molar-refractivity contribution < 1.29 is 9.59 Å². The molecule has 13 heavy (non-hydrogen) atoms. The molecule has 72 valence electrons. The van der Waals surface area contributed by atoms with E-state index in [4.69, 9.17) is 0 Å². The second-order valence-corrected chi connectivity index (χ2v) is 5.92. The first kappa shape index (κ1) is 9.65. The summed E-state index contributed by atoms with van der Waals surface area (Å²) >= 11 is 7.00. The minimum Gasteiger partial charge on any atom is -0.296 e. The zero-order chi connectivity index (χ0) is 9.59. The van der Waals surface area contributed by atoms with Crippen molar-refractivity contribution in [2.24, 2.45) is 11.8 Å². The van der Waals surface area contributed by atoms with Crippen molar-refractivity contribution in [2.75, 3.05) is 0 Å². The minimum atomic E-state index is -0.106. The lowest BCUT2D eigenvalue weighted by Gasteiger charge is -2.29. The zero-order valence-corrected chi connectivity index (χ0v) is 9.97. The van der Waals surface area contributed by atoms with Crippen LogP contribution in [0.4, 0.5) is 0 Å². The van der Waals surface area contributed by atoms with Crippen LogP contribution >= 0.6 is 31.9 Å². The fourth-order valence-electron chi connectivity index (χ4n) is 2.00. The summed E-state index contributed by atoms with van der Waals surface area (Å²) < 4.78 is 0. The predicted molar refractivity (Wildman–Crippen MR) is 54.8 cm³/mol. The molecule has 2 amide bonds. The Morgan fingerprint density at radius 3 is 1.77 bits per heavy atom. The van der Waals surface area contributed by atoms with Gasteiger partial charge in [0.05, 0.1) is 11.8 Å². The number of rotatable bonds is 0. The SMILES string of the molecule is O=C1NC(=O)[C@H]2C[C@H](Br)[C@H](Br)C[C@H]12. The molecule has 5 heteroatoms. The molecule has 1 N–H and O–H groups in total. The van der Waals surface area contributed by atoms with Crippen molar-refractivity contribution >= 4 is 43.7 Å². The molecule has 2 fully saturated rings. The Morgan fingerprint density at radius 1 is 1.00 bits per heavy atom. The number of carbonyl (C=O) groups is 2. The molecule has 1 heterocycles. The fraction of sp³-hybridized carbons (Fsp3) is 0.750. The molecule has 0 radical (unpaired) electrons. The number of hydrogen-bond acceptors (Lipinski definition) is 2. The van der Waals surface area contributed by atoms with Gasteiger partial charge in [0.15, 0.2) is 0 Å². The van der Waals surface area contributed by atoms with E-state index >= 15 is 0 Å². The van der Waals surface area contributed by atoms with Crippen LogP contribution in [0.25, 0.3) is 0 Å². The number of carbonyl (C=O) groups excluding carboxylic acids is 2. The van der Waals surface area contributed by atoms with Gasteiger partial charge in [0.25, 0.3) is 0 Å². The lowest BCUT2D eigenvalue weighted by Crippen LogP contribution is -2.34. The van der Waals surface area contributed by atoms with Gasteiger partial charge in [-0.15, -0.1) is 0 Å². The van der Waals surface area contributed by atoms with Gasteiger partial charge in [-0.05, 0) is 12.8 Å². The largest absolute Gasteiger partial charge is 0.296 e. The number of hydrogen-bond donors (Lipinski definition) is 1. The first-order chi connectivity index (χ1) is 6.09. The molecule has 0 aromatic heterocycles. The van der Waals surface area contributed by atoms with Crippen LogP contribution in [-0.4, -0.2) is 21.5 Å². The number of halogens is 2. The Labute approximate surface area is 92.9 Å². The molecule has 0 spiro atoms. The van der Waals surface area contributed by atoms with E-state index in [-0.39, 0.29) is 23.7 Å². The highest BCUT2D eigenvalue weighted by Crippen LogP contribution is 2.40. The van der Waals surface area contributed by atoms with Gasteiger partial charge >= 0.3 is 0 Å². The zero-order valence-electron chi connectivity index (χ0n) is 6.80. The Hall–Kier alpha value is 0.1000. The van der Waals surface area contributed by atoms with E-state index in [1.54, 1.807) is 0 Å². The molecule has 1 aliphatic carbocycles. The van der Waals surface area contributed by atoms with Gasteiger partial charge in [-0.3, -0.25) is 14.9 Å². The number of amides is 2. The minimum absolute atomic E-state index is 0.0983. The van der Waals surface area contributed by atoms with Crippen LogP contribution in [0, 0.1) is 11.8 Å². The van der Waals surface area contributed by atoms with E-state index in [1.165, 1.54) is 0 Å². The maximum atomic E-state index is 11.3. The molecule has 2 rings (SSSR count). The summed E-state index contributed by atoms with van der Waals surface area (Å²) in [4.78, 5) is 23.2. The van der Waals surface area contributed by atoms with Crippen LogP contribution in [0.2, 0.25) is 0 Å². The normalized spacial score (nSPS) is 44.5. The highest BCUT2D eigenvalue weighted by atomic mass is 79.9. The summed E-state index contributed by atoms with van der Waals surface area (Å²) in [6, 6.07) is 0. The van der Waals surface area contributed by atoms with Gasteiger partial charge in [-0.1, -0.05) is 31.9 Å². The summed E-state index contributed by atoms with van der Waals surface area (Å²) in [7, 11) is 0. The molecule has 1 saturated carbocycles. The van der Waals surface area contributed by atoms with Gasteiger partial charge in [0, 0.05) is 9.65 Å². The summed E-state index contributed by atoms with van der Waals surface area (Å²) in [6.07, 6.45) is 1.50. The fourth-order valence-corrected chi connectivity index (χ4v) is 3.23. The van der Waals surface area contributed by atoms with Crippen LogP contribution in [-0.2, 0) is 9.59 Å². The quantitative estimate of drug-likeness (QED) is 0.540. The average Bonchev–Trinajstić information content (AvgIpc) is 2.31. The molecule has 0 bridgehead atoms. The van der Waals surface area contributed by atoms with Gasteiger partial charge in [0.2, 0.25) is 11.8 Å². The second kappa shape index (κ2) is 3.35. The molecule has 3 nitrogen and oxygen atoms in total. The van der Waals surface area contributed by atoms with Gasteiger partial charge in [-0.25, -0.2) is 0 Å². The van der Waals surface area contributed by atoms with E-state index in [0.29, 0.717) is 9.65 Å². The highest BCUT2D eigenvalue weighted by Gasteiger charge is 2.47. The Balaban J connectivity index is 2.19. The maximum absolute atomic E-state index is 11.3. The highest BCUT2D eigenvalue weighted by molar-refractivity contribution is 9.12.